The molecule has 18 heavy (non-hydrogen) atoms. The van der Waals surface area contributed by atoms with Crippen molar-refractivity contribution in [2.45, 2.75) is 43.6 Å². The van der Waals surface area contributed by atoms with E-state index >= 15 is 0 Å². The van der Waals surface area contributed by atoms with Crippen LogP contribution >= 0.6 is 0 Å². The average Bonchev–Trinajstić information content (AvgIpc) is 2.21. The van der Waals surface area contributed by atoms with E-state index in [1.165, 1.54) is 22.3 Å². The summed E-state index contributed by atoms with van der Waals surface area (Å²) in [5, 5.41) is 0. The maximum Gasteiger partial charge on any atom is -0.0184 e. The second-order valence-corrected chi connectivity index (χ2v) is 3.73. The van der Waals surface area contributed by atoms with Crippen molar-refractivity contribution in [3.63, 3.8) is 0 Å². The topological polar surface area (TPSA) is 0 Å². The molecule has 0 nitrogen and oxygen atoms in total. The van der Waals surface area contributed by atoms with Crippen molar-refractivity contribution in [2.75, 3.05) is 0 Å². The quantitative estimate of drug-likeness (QED) is 0.537. The summed E-state index contributed by atoms with van der Waals surface area (Å²) >= 11 is 0. The molecule has 0 aromatic heterocycles. The van der Waals surface area contributed by atoms with Gasteiger partial charge in [-0.15, -0.1) is 0 Å². The van der Waals surface area contributed by atoms with Crippen molar-refractivity contribution in [1.82, 2.24) is 0 Å². The molecule has 0 heterocycles. The third-order valence-corrected chi connectivity index (χ3v) is 2.44. The molecular formula is C18H30. The minimum absolute atomic E-state index is 0. The maximum atomic E-state index is 2.17. The molecule has 0 aliphatic heterocycles. The molecule has 0 unspecified atom stereocenters. The van der Waals surface area contributed by atoms with E-state index in [0.29, 0.717) is 0 Å². The van der Waals surface area contributed by atoms with Crippen LogP contribution in [0.1, 0.15) is 40.8 Å². The number of hydrogen-bond acceptors (Lipinski definition) is 0. The summed E-state index contributed by atoms with van der Waals surface area (Å²) in [6, 6.07) is 17.3. The first-order chi connectivity index (χ1) is 6.75. The molecule has 0 N–H and O–H groups in total. The molecule has 2 aromatic carbocycles. The van der Waals surface area contributed by atoms with Gasteiger partial charge in [0.05, 0.1) is 0 Å². The van der Waals surface area contributed by atoms with Gasteiger partial charge in [0.1, 0.15) is 0 Å². The van der Waals surface area contributed by atoms with E-state index in [9.17, 15) is 0 Å². The van der Waals surface area contributed by atoms with E-state index in [1.807, 2.05) is 0 Å². The van der Waals surface area contributed by atoms with Gasteiger partial charge < -0.3 is 0 Å². The standard InChI is InChI=1S/C14H14.4CH4/c1-11-3-7-13(8-4-11)14-9-5-12(2)6-10-14;;;;/h3-10H,1-2H3;4*1H4. The SMILES string of the molecule is C.C.C.C.Cc1ccc(-c2ccc(C)cc2)cc1. The Hall–Kier alpha value is -1.56. The number of hydrogen-bond donors (Lipinski definition) is 0. The van der Waals surface area contributed by atoms with Crippen LogP contribution in [-0.4, -0.2) is 0 Å². The second kappa shape index (κ2) is 9.47. The van der Waals surface area contributed by atoms with Gasteiger partial charge in [-0.2, -0.15) is 0 Å². The highest BCUT2D eigenvalue weighted by Crippen LogP contribution is 2.19. The molecule has 0 saturated heterocycles. The van der Waals surface area contributed by atoms with Crippen LogP contribution in [0, 0.1) is 13.8 Å². The van der Waals surface area contributed by atoms with Gasteiger partial charge >= 0.3 is 0 Å². The Kier molecular flexibility index (Phi) is 11.4. The Labute approximate surface area is 115 Å². The lowest BCUT2D eigenvalue weighted by Gasteiger charge is -2.02. The van der Waals surface area contributed by atoms with Crippen LogP contribution in [0.25, 0.3) is 11.1 Å². The third-order valence-electron chi connectivity index (χ3n) is 2.44. The lowest BCUT2D eigenvalue weighted by atomic mass is 10.0. The Morgan fingerprint density at radius 3 is 0.889 bits per heavy atom. The first-order valence-electron chi connectivity index (χ1n) is 4.89. The highest BCUT2D eigenvalue weighted by atomic mass is 14.0. The van der Waals surface area contributed by atoms with Gasteiger partial charge in [-0.05, 0) is 25.0 Å². The fraction of sp³-hybridized carbons (Fsp3) is 0.333. The predicted molar refractivity (Wildman–Crippen MR) is 88.3 cm³/mol. The van der Waals surface area contributed by atoms with Crippen LogP contribution < -0.4 is 0 Å². The molecule has 0 bridgehead atoms. The van der Waals surface area contributed by atoms with E-state index in [2.05, 4.69) is 62.4 Å². The van der Waals surface area contributed by atoms with E-state index < -0.39 is 0 Å². The molecule has 102 valence electrons. The first kappa shape index (κ1) is 21.7. The number of rotatable bonds is 1. The summed E-state index contributed by atoms with van der Waals surface area (Å²) in [6.07, 6.45) is 0. The number of benzene rings is 2. The van der Waals surface area contributed by atoms with Crippen molar-refractivity contribution < 1.29 is 0 Å². The van der Waals surface area contributed by atoms with E-state index in [0.717, 1.165) is 0 Å². The maximum absolute atomic E-state index is 2.17. The van der Waals surface area contributed by atoms with E-state index in [-0.39, 0.29) is 29.7 Å². The molecule has 0 spiro atoms. The lowest BCUT2D eigenvalue weighted by molar-refractivity contribution is 1.45. The lowest BCUT2D eigenvalue weighted by Crippen LogP contribution is -1.78. The summed E-state index contributed by atoms with van der Waals surface area (Å²) in [6.45, 7) is 4.22. The predicted octanol–water partition coefficient (Wildman–Crippen LogP) is 6.51. The molecule has 2 aromatic rings. The van der Waals surface area contributed by atoms with Crippen molar-refractivity contribution in [2.24, 2.45) is 0 Å². The first-order valence-corrected chi connectivity index (χ1v) is 4.89. The fourth-order valence-electron chi connectivity index (χ4n) is 1.49. The molecular weight excluding hydrogens is 216 g/mol. The Balaban J connectivity index is -0.000000562. The van der Waals surface area contributed by atoms with Gasteiger partial charge in [0, 0.05) is 0 Å². The summed E-state index contributed by atoms with van der Waals surface area (Å²) < 4.78 is 0. The van der Waals surface area contributed by atoms with Gasteiger partial charge in [-0.3, -0.25) is 0 Å². The highest BCUT2D eigenvalue weighted by Gasteiger charge is 1.95. The van der Waals surface area contributed by atoms with Gasteiger partial charge in [0.2, 0.25) is 0 Å². The minimum atomic E-state index is 0. The Morgan fingerprint density at radius 1 is 0.444 bits per heavy atom. The normalized spacial score (nSPS) is 7.89. The van der Waals surface area contributed by atoms with E-state index in [4.69, 9.17) is 0 Å². The molecule has 0 atom stereocenters. The molecule has 2 rings (SSSR count). The van der Waals surface area contributed by atoms with Crippen LogP contribution in [0.5, 0.6) is 0 Å². The van der Waals surface area contributed by atoms with Crippen LogP contribution in [-0.2, 0) is 0 Å². The largest absolute Gasteiger partial charge is 0.0776 e. The zero-order valence-electron chi connectivity index (χ0n) is 8.62. The minimum Gasteiger partial charge on any atom is -0.0776 e. The smallest absolute Gasteiger partial charge is 0.0184 e. The van der Waals surface area contributed by atoms with Gasteiger partial charge in [-0.1, -0.05) is 89.4 Å². The van der Waals surface area contributed by atoms with Gasteiger partial charge in [0.15, 0.2) is 0 Å². The molecule has 0 fully saturated rings. The molecule has 0 aliphatic rings. The van der Waals surface area contributed by atoms with Crippen LogP contribution in [0.2, 0.25) is 0 Å². The summed E-state index contributed by atoms with van der Waals surface area (Å²) in [4.78, 5) is 0. The zero-order valence-corrected chi connectivity index (χ0v) is 8.62. The molecule has 0 heteroatoms. The highest BCUT2D eigenvalue weighted by molar-refractivity contribution is 5.63. The van der Waals surface area contributed by atoms with E-state index in [1.54, 1.807) is 0 Å². The van der Waals surface area contributed by atoms with Gasteiger partial charge in [-0.25, -0.2) is 0 Å². The second-order valence-electron chi connectivity index (χ2n) is 3.73. The monoisotopic (exact) mass is 246 g/mol. The summed E-state index contributed by atoms with van der Waals surface area (Å²) in [7, 11) is 0. The molecule has 0 amide bonds. The number of aryl methyl sites for hydroxylation is 2. The van der Waals surface area contributed by atoms with Crippen molar-refractivity contribution in [1.29, 1.82) is 0 Å². The molecule has 0 radical (unpaired) electrons. The zero-order chi connectivity index (χ0) is 9.97. The van der Waals surface area contributed by atoms with Crippen molar-refractivity contribution in [3.8, 4) is 11.1 Å². The average molecular weight is 246 g/mol. The van der Waals surface area contributed by atoms with Crippen molar-refractivity contribution in [3.05, 3.63) is 59.7 Å². The molecule has 0 saturated carbocycles. The summed E-state index contributed by atoms with van der Waals surface area (Å²) in [5.74, 6) is 0. The van der Waals surface area contributed by atoms with Crippen molar-refractivity contribution >= 4 is 0 Å². The fourth-order valence-corrected chi connectivity index (χ4v) is 1.49. The Bertz CT molecular complexity index is 363. The Morgan fingerprint density at radius 2 is 0.667 bits per heavy atom. The van der Waals surface area contributed by atoms with Gasteiger partial charge in [0.25, 0.3) is 0 Å². The summed E-state index contributed by atoms with van der Waals surface area (Å²) in [5.41, 5.74) is 5.19. The van der Waals surface area contributed by atoms with Crippen LogP contribution in [0.15, 0.2) is 48.5 Å². The molecule has 0 aliphatic carbocycles. The third kappa shape index (κ3) is 5.18. The van der Waals surface area contributed by atoms with Crippen LogP contribution in [0.4, 0.5) is 0 Å². The van der Waals surface area contributed by atoms with Crippen LogP contribution in [0.3, 0.4) is 0 Å².